The molecule has 1 aliphatic rings. The molecule has 2 heterocycles. The third kappa shape index (κ3) is 1.37. The fourth-order valence-corrected chi connectivity index (χ4v) is 2.28. The molecule has 0 atom stereocenters. The van der Waals surface area contributed by atoms with Gasteiger partial charge in [-0.25, -0.2) is 4.98 Å². The molecule has 0 amide bonds. The molecule has 0 radical (unpaired) electrons. The molecule has 1 aliphatic heterocycles. The number of pyridine rings is 1. The Balaban J connectivity index is 2.36. The lowest BCUT2D eigenvalue weighted by Crippen LogP contribution is -2.10. The fourth-order valence-electron chi connectivity index (χ4n) is 1.94. The van der Waals surface area contributed by atoms with Gasteiger partial charge in [0.2, 0.25) is 5.88 Å². The van der Waals surface area contributed by atoms with Gasteiger partial charge in [-0.15, -0.1) is 0 Å². The summed E-state index contributed by atoms with van der Waals surface area (Å²) in [6.45, 7) is 0.745. The lowest BCUT2D eigenvalue weighted by Gasteiger charge is -2.18. The zero-order valence-corrected chi connectivity index (χ0v) is 8.92. The maximum absolute atomic E-state index is 6.34. The Kier molecular flexibility index (Phi) is 2.03. The maximum atomic E-state index is 6.34. The van der Waals surface area contributed by atoms with Crippen molar-refractivity contribution in [1.82, 2.24) is 4.98 Å². The number of hydrogen-bond donors (Lipinski definition) is 0. The van der Waals surface area contributed by atoms with Crippen LogP contribution < -0.4 is 4.74 Å². The fraction of sp³-hybridized carbons (Fsp3) is 0.250. The summed E-state index contributed by atoms with van der Waals surface area (Å²) in [5, 5.41) is 1.82. The second kappa shape index (κ2) is 3.38. The van der Waals surface area contributed by atoms with E-state index in [4.69, 9.17) is 16.3 Å². The molecule has 2 aromatic rings. The zero-order valence-electron chi connectivity index (χ0n) is 8.16. The normalized spacial score (nSPS) is 14.7. The van der Waals surface area contributed by atoms with Gasteiger partial charge in [-0.2, -0.15) is 0 Å². The maximum Gasteiger partial charge on any atom is 0.218 e. The molecule has 2 nitrogen and oxygen atoms in total. The van der Waals surface area contributed by atoms with Crippen LogP contribution in [0.4, 0.5) is 0 Å². The Morgan fingerprint density at radius 1 is 1.27 bits per heavy atom. The predicted octanol–water partition coefficient (Wildman–Crippen LogP) is 3.21. The van der Waals surface area contributed by atoms with Crippen LogP contribution in [-0.4, -0.2) is 11.6 Å². The summed E-state index contributed by atoms with van der Waals surface area (Å²) in [7, 11) is 0. The van der Waals surface area contributed by atoms with Crippen LogP contribution in [0.1, 0.15) is 12.0 Å². The SMILES string of the molecule is Clc1c2c(nc3ccccc13)OCCC2. The first-order chi connectivity index (χ1) is 7.36. The molecular formula is C12H10ClNO. The third-order valence-corrected chi connectivity index (χ3v) is 3.13. The number of halogens is 1. The average Bonchev–Trinajstić information content (AvgIpc) is 2.30. The highest BCUT2D eigenvalue weighted by atomic mass is 35.5. The van der Waals surface area contributed by atoms with E-state index in [1.54, 1.807) is 0 Å². The highest BCUT2D eigenvalue weighted by molar-refractivity contribution is 6.36. The molecule has 1 aromatic heterocycles. The summed E-state index contributed by atoms with van der Waals surface area (Å²) < 4.78 is 5.52. The molecule has 0 bridgehead atoms. The zero-order chi connectivity index (χ0) is 10.3. The molecule has 3 rings (SSSR count). The first-order valence-corrected chi connectivity index (χ1v) is 5.44. The van der Waals surface area contributed by atoms with E-state index in [9.17, 15) is 0 Å². The van der Waals surface area contributed by atoms with Crippen LogP contribution >= 0.6 is 11.6 Å². The van der Waals surface area contributed by atoms with Gasteiger partial charge < -0.3 is 4.74 Å². The molecule has 0 fully saturated rings. The smallest absolute Gasteiger partial charge is 0.218 e. The summed E-state index contributed by atoms with van der Waals surface area (Å²) in [5.41, 5.74) is 1.96. The van der Waals surface area contributed by atoms with Gasteiger partial charge in [0.25, 0.3) is 0 Å². The number of nitrogens with zero attached hydrogens (tertiary/aromatic N) is 1. The largest absolute Gasteiger partial charge is 0.477 e. The van der Waals surface area contributed by atoms with Crippen molar-refractivity contribution in [3.05, 3.63) is 34.9 Å². The minimum absolute atomic E-state index is 0.713. The molecule has 0 aliphatic carbocycles. The summed E-state index contributed by atoms with van der Waals surface area (Å²) >= 11 is 6.34. The monoisotopic (exact) mass is 219 g/mol. The number of hydrogen-bond acceptors (Lipinski definition) is 2. The number of fused-ring (bicyclic) bond motifs is 2. The number of ether oxygens (including phenoxy) is 1. The minimum atomic E-state index is 0.713. The Morgan fingerprint density at radius 2 is 2.13 bits per heavy atom. The summed E-state index contributed by atoms with van der Waals surface area (Å²) in [6, 6.07) is 7.89. The van der Waals surface area contributed by atoms with Crippen LogP contribution in [0.15, 0.2) is 24.3 Å². The molecule has 76 valence electrons. The molecule has 3 heteroatoms. The van der Waals surface area contributed by atoms with Gasteiger partial charge in [-0.05, 0) is 18.9 Å². The Labute approximate surface area is 92.8 Å². The van der Waals surface area contributed by atoms with Crippen molar-refractivity contribution in [2.24, 2.45) is 0 Å². The Bertz CT molecular complexity index is 524. The predicted molar refractivity (Wildman–Crippen MR) is 60.6 cm³/mol. The van der Waals surface area contributed by atoms with E-state index in [1.807, 2.05) is 24.3 Å². The van der Waals surface area contributed by atoms with Crippen molar-refractivity contribution >= 4 is 22.5 Å². The summed E-state index contributed by atoms with van der Waals surface area (Å²) in [6.07, 6.45) is 1.98. The van der Waals surface area contributed by atoms with E-state index < -0.39 is 0 Å². The second-order valence-electron chi connectivity index (χ2n) is 3.68. The quantitative estimate of drug-likeness (QED) is 0.679. The van der Waals surface area contributed by atoms with Gasteiger partial charge in [0.05, 0.1) is 17.1 Å². The minimum Gasteiger partial charge on any atom is -0.477 e. The van der Waals surface area contributed by atoms with Crippen molar-refractivity contribution in [2.45, 2.75) is 12.8 Å². The van der Waals surface area contributed by atoms with E-state index in [0.29, 0.717) is 5.88 Å². The highest BCUT2D eigenvalue weighted by Gasteiger charge is 2.17. The molecular weight excluding hydrogens is 210 g/mol. The van der Waals surface area contributed by atoms with Crippen LogP contribution in [0.5, 0.6) is 5.88 Å². The van der Waals surface area contributed by atoms with Gasteiger partial charge in [-0.1, -0.05) is 29.8 Å². The van der Waals surface area contributed by atoms with Crippen molar-refractivity contribution < 1.29 is 4.74 Å². The molecule has 15 heavy (non-hydrogen) atoms. The highest BCUT2D eigenvalue weighted by Crippen LogP contribution is 2.34. The van der Waals surface area contributed by atoms with Crippen molar-refractivity contribution in [3.8, 4) is 5.88 Å². The second-order valence-corrected chi connectivity index (χ2v) is 4.06. The van der Waals surface area contributed by atoms with Gasteiger partial charge >= 0.3 is 0 Å². The molecule has 1 aromatic carbocycles. The molecule has 0 saturated carbocycles. The van der Waals surface area contributed by atoms with E-state index in [-0.39, 0.29) is 0 Å². The molecule has 0 unspecified atom stereocenters. The first-order valence-electron chi connectivity index (χ1n) is 5.06. The van der Waals surface area contributed by atoms with Crippen LogP contribution in [0, 0.1) is 0 Å². The topological polar surface area (TPSA) is 22.1 Å². The van der Waals surface area contributed by atoms with E-state index >= 15 is 0 Å². The lowest BCUT2D eigenvalue weighted by molar-refractivity contribution is 0.277. The van der Waals surface area contributed by atoms with Crippen molar-refractivity contribution in [2.75, 3.05) is 6.61 Å². The molecule has 0 spiro atoms. The average molecular weight is 220 g/mol. The third-order valence-electron chi connectivity index (χ3n) is 2.70. The van der Waals surface area contributed by atoms with Crippen LogP contribution in [0.3, 0.4) is 0 Å². The first kappa shape index (κ1) is 8.98. The summed E-state index contributed by atoms with van der Waals surface area (Å²) in [5.74, 6) is 0.713. The Hall–Kier alpha value is -1.28. The standard InChI is InChI=1S/C12H10ClNO/c13-11-8-4-1-2-6-10(8)14-12-9(11)5-3-7-15-12/h1-2,4,6H,3,5,7H2. The van der Waals surface area contributed by atoms with E-state index in [0.717, 1.165) is 40.9 Å². The summed E-state index contributed by atoms with van der Waals surface area (Å²) in [4.78, 5) is 4.47. The van der Waals surface area contributed by atoms with E-state index in [1.165, 1.54) is 0 Å². The van der Waals surface area contributed by atoms with Crippen LogP contribution in [0.2, 0.25) is 5.02 Å². The Morgan fingerprint density at radius 3 is 3.07 bits per heavy atom. The van der Waals surface area contributed by atoms with Crippen LogP contribution in [-0.2, 0) is 6.42 Å². The molecule has 0 N–H and O–H groups in total. The van der Waals surface area contributed by atoms with Gasteiger partial charge in [-0.3, -0.25) is 0 Å². The number of para-hydroxylation sites is 1. The number of benzene rings is 1. The van der Waals surface area contributed by atoms with Crippen LogP contribution in [0.25, 0.3) is 10.9 Å². The number of aromatic nitrogens is 1. The van der Waals surface area contributed by atoms with Gasteiger partial charge in [0.15, 0.2) is 0 Å². The van der Waals surface area contributed by atoms with Gasteiger partial charge in [0, 0.05) is 10.9 Å². The van der Waals surface area contributed by atoms with Crippen molar-refractivity contribution in [3.63, 3.8) is 0 Å². The van der Waals surface area contributed by atoms with E-state index in [2.05, 4.69) is 4.98 Å². The van der Waals surface area contributed by atoms with Gasteiger partial charge in [0.1, 0.15) is 0 Å². The molecule has 0 saturated heterocycles. The van der Waals surface area contributed by atoms with Crippen molar-refractivity contribution in [1.29, 1.82) is 0 Å². The lowest BCUT2D eigenvalue weighted by atomic mass is 10.1. The number of rotatable bonds is 0.